The quantitative estimate of drug-likeness (QED) is 0.909. The standard InChI is InChI=1S/C18H25N5OS/c1-12-9-13(2)17(14(3)10-12)20-16(24)11-22-5-7-23(8-6-22)18-19-15(4)21-25-18/h9-10H,5-8,11H2,1-4H3,(H,20,24). The Morgan fingerprint density at radius 3 is 2.32 bits per heavy atom. The summed E-state index contributed by atoms with van der Waals surface area (Å²) in [6.07, 6.45) is 0. The van der Waals surface area contributed by atoms with Crippen molar-refractivity contribution in [2.75, 3.05) is 42.9 Å². The Kier molecular flexibility index (Phi) is 5.34. The largest absolute Gasteiger partial charge is 0.344 e. The van der Waals surface area contributed by atoms with Crippen molar-refractivity contribution in [3.63, 3.8) is 0 Å². The minimum atomic E-state index is 0.0512. The first kappa shape index (κ1) is 17.8. The Labute approximate surface area is 153 Å². The molecule has 1 N–H and O–H groups in total. The van der Waals surface area contributed by atoms with E-state index in [0.29, 0.717) is 6.54 Å². The summed E-state index contributed by atoms with van der Waals surface area (Å²) in [6.45, 7) is 12.0. The molecule has 6 nitrogen and oxygen atoms in total. The third-order valence-electron chi connectivity index (χ3n) is 4.47. The van der Waals surface area contributed by atoms with E-state index in [1.807, 2.05) is 20.8 Å². The third-order valence-corrected chi connectivity index (χ3v) is 5.34. The lowest BCUT2D eigenvalue weighted by molar-refractivity contribution is -0.117. The van der Waals surface area contributed by atoms with Crippen molar-refractivity contribution in [1.82, 2.24) is 14.3 Å². The highest BCUT2D eigenvalue weighted by Crippen LogP contribution is 2.22. The van der Waals surface area contributed by atoms with Crippen molar-refractivity contribution in [3.8, 4) is 0 Å². The molecule has 3 rings (SSSR count). The second-order valence-electron chi connectivity index (χ2n) is 6.71. The predicted molar refractivity (Wildman–Crippen MR) is 103 cm³/mol. The van der Waals surface area contributed by atoms with Gasteiger partial charge in [0.1, 0.15) is 5.82 Å². The molecule has 0 unspecified atom stereocenters. The summed E-state index contributed by atoms with van der Waals surface area (Å²) >= 11 is 1.44. The molecule has 0 spiro atoms. The second-order valence-corrected chi connectivity index (χ2v) is 7.44. The molecule has 25 heavy (non-hydrogen) atoms. The number of carbonyl (C=O) groups is 1. The molecule has 0 saturated carbocycles. The summed E-state index contributed by atoms with van der Waals surface area (Å²) in [6, 6.07) is 4.21. The molecule has 0 radical (unpaired) electrons. The minimum Gasteiger partial charge on any atom is -0.344 e. The molecule has 2 heterocycles. The molecule has 134 valence electrons. The fourth-order valence-electron chi connectivity index (χ4n) is 3.27. The number of benzene rings is 1. The van der Waals surface area contributed by atoms with Gasteiger partial charge in [0.05, 0.1) is 6.54 Å². The monoisotopic (exact) mass is 359 g/mol. The highest BCUT2D eigenvalue weighted by Gasteiger charge is 2.21. The molecule has 1 aromatic heterocycles. The average molecular weight is 359 g/mol. The van der Waals surface area contributed by atoms with Crippen LogP contribution in [0.5, 0.6) is 0 Å². The number of hydrogen-bond donors (Lipinski definition) is 1. The first-order valence-electron chi connectivity index (χ1n) is 8.57. The van der Waals surface area contributed by atoms with Gasteiger partial charge in [-0.25, -0.2) is 4.98 Å². The first-order chi connectivity index (χ1) is 11.9. The van der Waals surface area contributed by atoms with E-state index in [0.717, 1.165) is 53.9 Å². The van der Waals surface area contributed by atoms with Crippen molar-refractivity contribution in [1.29, 1.82) is 0 Å². The number of anilines is 2. The van der Waals surface area contributed by atoms with E-state index in [1.165, 1.54) is 17.1 Å². The lowest BCUT2D eigenvalue weighted by Gasteiger charge is -2.33. The van der Waals surface area contributed by atoms with Crippen LogP contribution in [0.15, 0.2) is 12.1 Å². The maximum absolute atomic E-state index is 12.4. The van der Waals surface area contributed by atoms with E-state index < -0.39 is 0 Å². The molecular weight excluding hydrogens is 334 g/mol. The average Bonchev–Trinajstić information content (AvgIpc) is 2.98. The van der Waals surface area contributed by atoms with Crippen molar-refractivity contribution < 1.29 is 4.79 Å². The maximum atomic E-state index is 12.4. The van der Waals surface area contributed by atoms with E-state index >= 15 is 0 Å². The van der Waals surface area contributed by atoms with Crippen LogP contribution in [0.25, 0.3) is 0 Å². The fourth-order valence-corrected chi connectivity index (χ4v) is 4.00. The number of hydrogen-bond acceptors (Lipinski definition) is 6. The zero-order chi connectivity index (χ0) is 18.0. The van der Waals surface area contributed by atoms with Crippen LogP contribution in [-0.2, 0) is 4.79 Å². The molecule has 0 aliphatic carbocycles. The number of piperazine rings is 1. The van der Waals surface area contributed by atoms with Crippen LogP contribution in [0.3, 0.4) is 0 Å². The van der Waals surface area contributed by atoms with E-state index in [9.17, 15) is 4.79 Å². The zero-order valence-electron chi connectivity index (χ0n) is 15.3. The number of nitrogens with one attached hydrogen (secondary N) is 1. The van der Waals surface area contributed by atoms with Gasteiger partial charge >= 0.3 is 0 Å². The van der Waals surface area contributed by atoms with Gasteiger partial charge in [-0.05, 0) is 38.8 Å². The zero-order valence-corrected chi connectivity index (χ0v) is 16.1. The van der Waals surface area contributed by atoms with E-state index in [4.69, 9.17) is 0 Å². The topological polar surface area (TPSA) is 61.4 Å². The first-order valence-corrected chi connectivity index (χ1v) is 9.35. The lowest BCUT2D eigenvalue weighted by Crippen LogP contribution is -2.48. The molecule has 1 aromatic carbocycles. The van der Waals surface area contributed by atoms with Crippen LogP contribution < -0.4 is 10.2 Å². The van der Waals surface area contributed by atoms with Gasteiger partial charge in [-0.1, -0.05) is 17.7 Å². The molecule has 0 bridgehead atoms. The van der Waals surface area contributed by atoms with Crippen LogP contribution in [0.2, 0.25) is 0 Å². The Bertz CT molecular complexity index is 742. The number of nitrogens with zero attached hydrogens (tertiary/aromatic N) is 4. The normalized spacial score (nSPS) is 15.4. The molecule has 1 aliphatic rings. The van der Waals surface area contributed by atoms with Gasteiger partial charge in [-0.15, -0.1) is 0 Å². The van der Waals surface area contributed by atoms with Crippen LogP contribution >= 0.6 is 11.5 Å². The summed E-state index contributed by atoms with van der Waals surface area (Å²) in [5.41, 5.74) is 4.39. The fraction of sp³-hybridized carbons (Fsp3) is 0.500. The highest BCUT2D eigenvalue weighted by molar-refractivity contribution is 7.09. The molecule has 1 aliphatic heterocycles. The Morgan fingerprint density at radius 1 is 1.12 bits per heavy atom. The van der Waals surface area contributed by atoms with E-state index in [-0.39, 0.29) is 5.91 Å². The van der Waals surface area contributed by atoms with Gasteiger partial charge in [0.2, 0.25) is 11.0 Å². The number of aryl methyl sites for hydroxylation is 4. The van der Waals surface area contributed by atoms with E-state index in [1.54, 1.807) is 0 Å². The molecule has 1 amide bonds. The summed E-state index contributed by atoms with van der Waals surface area (Å²) in [7, 11) is 0. The highest BCUT2D eigenvalue weighted by atomic mass is 32.1. The van der Waals surface area contributed by atoms with Crippen LogP contribution in [0.4, 0.5) is 10.8 Å². The second kappa shape index (κ2) is 7.49. The van der Waals surface area contributed by atoms with Gasteiger partial charge in [0, 0.05) is 43.4 Å². The molecule has 1 saturated heterocycles. The maximum Gasteiger partial charge on any atom is 0.238 e. The minimum absolute atomic E-state index is 0.0512. The van der Waals surface area contributed by atoms with Crippen LogP contribution in [0.1, 0.15) is 22.5 Å². The number of carbonyl (C=O) groups excluding carboxylic acids is 1. The summed E-state index contributed by atoms with van der Waals surface area (Å²) in [5.74, 6) is 0.876. The van der Waals surface area contributed by atoms with Crippen molar-refractivity contribution in [3.05, 3.63) is 34.6 Å². The molecule has 2 aromatic rings. The van der Waals surface area contributed by atoms with Crippen LogP contribution in [0, 0.1) is 27.7 Å². The lowest BCUT2D eigenvalue weighted by atomic mass is 10.1. The van der Waals surface area contributed by atoms with Crippen molar-refractivity contribution >= 4 is 28.3 Å². The van der Waals surface area contributed by atoms with Gasteiger partial charge in [-0.3, -0.25) is 9.69 Å². The van der Waals surface area contributed by atoms with Crippen molar-refractivity contribution in [2.24, 2.45) is 0 Å². The number of amides is 1. The van der Waals surface area contributed by atoms with Gasteiger partial charge in [-0.2, -0.15) is 4.37 Å². The summed E-state index contributed by atoms with van der Waals surface area (Å²) in [5, 5.41) is 4.06. The van der Waals surface area contributed by atoms with Crippen molar-refractivity contribution in [2.45, 2.75) is 27.7 Å². The summed E-state index contributed by atoms with van der Waals surface area (Å²) in [4.78, 5) is 21.3. The smallest absolute Gasteiger partial charge is 0.238 e. The molecule has 7 heteroatoms. The van der Waals surface area contributed by atoms with E-state index in [2.05, 4.69) is 43.5 Å². The Balaban J connectivity index is 1.53. The third kappa shape index (κ3) is 4.35. The van der Waals surface area contributed by atoms with Gasteiger partial charge in [0.25, 0.3) is 0 Å². The SMILES string of the molecule is Cc1cc(C)c(NC(=O)CN2CCN(c3nc(C)ns3)CC2)c(C)c1. The number of rotatable bonds is 4. The Hall–Kier alpha value is -1.99. The van der Waals surface area contributed by atoms with Gasteiger partial charge < -0.3 is 10.2 Å². The number of aromatic nitrogens is 2. The van der Waals surface area contributed by atoms with Crippen LogP contribution in [-0.4, -0.2) is 52.9 Å². The molecule has 0 atom stereocenters. The Morgan fingerprint density at radius 2 is 1.76 bits per heavy atom. The molecular formula is C18H25N5OS. The van der Waals surface area contributed by atoms with Gasteiger partial charge in [0.15, 0.2) is 0 Å². The molecule has 1 fully saturated rings. The summed E-state index contributed by atoms with van der Waals surface area (Å²) < 4.78 is 4.24. The predicted octanol–water partition coefficient (Wildman–Crippen LogP) is 2.53.